The Balaban J connectivity index is 2.37. The first-order chi connectivity index (χ1) is 8.54. The molecule has 90 valence electrons. The standard InChI is InChI=1S/C13H10N2O2S/c14-9-13(10-15)7-6-12(8-13)18(16,17)11-4-2-1-3-5-11/h1-6H,7-8H2. The zero-order chi connectivity index (χ0) is 13.2. The molecule has 5 heteroatoms. The second kappa shape index (κ2) is 4.29. The minimum Gasteiger partial charge on any atom is -0.219 e. The van der Waals surface area contributed by atoms with Gasteiger partial charge in [0.25, 0.3) is 0 Å². The van der Waals surface area contributed by atoms with E-state index in [2.05, 4.69) is 0 Å². The maximum atomic E-state index is 12.3. The van der Waals surface area contributed by atoms with E-state index in [1.807, 2.05) is 12.1 Å². The van der Waals surface area contributed by atoms with Gasteiger partial charge in [0, 0.05) is 11.3 Å². The Bertz CT molecular complexity index is 662. The molecule has 0 aliphatic heterocycles. The van der Waals surface area contributed by atoms with Crippen LogP contribution in [-0.2, 0) is 9.84 Å². The lowest BCUT2D eigenvalue weighted by molar-refractivity contribution is 0.559. The van der Waals surface area contributed by atoms with Crippen molar-refractivity contribution in [1.29, 1.82) is 10.5 Å². The number of allylic oxidation sites excluding steroid dienone is 2. The third-order valence-electron chi connectivity index (χ3n) is 2.98. The van der Waals surface area contributed by atoms with Crippen LogP contribution < -0.4 is 0 Å². The van der Waals surface area contributed by atoms with Gasteiger partial charge in [-0.3, -0.25) is 0 Å². The second-order valence-corrected chi connectivity index (χ2v) is 6.18. The molecule has 1 aliphatic rings. The fourth-order valence-corrected chi connectivity index (χ4v) is 3.44. The predicted molar refractivity (Wildman–Crippen MR) is 64.6 cm³/mol. The fourth-order valence-electron chi connectivity index (χ4n) is 1.88. The van der Waals surface area contributed by atoms with Crippen LogP contribution in [0.25, 0.3) is 0 Å². The summed E-state index contributed by atoms with van der Waals surface area (Å²) in [5.41, 5.74) is -1.23. The number of nitrogens with zero attached hydrogens (tertiary/aromatic N) is 2. The number of nitriles is 2. The van der Waals surface area contributed by atoms with Crippen molar-refractivity contribution >= 4 is 9.84 Å². The van der Waals surface area contributed by atoms with Crippen LogP contribution in [0, 0.1) is 28.1 Å². The summed E-state index contributed by atoms with van der Waals surface area (Å²) >= 11 is 0. The highest BCUT2D eigenvalue weighted by Crippen LogP contribution is 2.40. The van der Waals surface area contributed by atoms with Crippen molar-refractivity contribution < 1.29 is 8.42 Å². The number of hydrogen-bond acceptors (Lipinski definition) is 4. The summed E-state index contributed by atoms with van der Waals surface area (Å²) in [5.74, 6) is 0. The number of hydrogen-bond donors (Lipinski definition) is 0. The Morgan fingerprint density at radius 1 is 1.11 bits per heavy atom. The van der Waals surface area contributed by atoms with Gasteiger partial charge in [0.05, 0.1) is 17.0 Å². The molecular weight excluding hydrogens is 248 g/mol. The summed E-state index contributed by atoms with van der Waals surface area (Å²) in [7, 11) is -3.57. The second-order valence-electron chi connectivity index (χ2n) is 4.17. The molecule has 4 nitrogen and oxygen atoms in total. The van der Waals surface area contributed by atoms with E-state index in [0.29, 0.717) is 0 Å². The molecule has 0 heterocycles. The quantitative estimate of drug-likeness (QED) is 0.814. The molecule has 1 aromatic carbocycles. The lowest BCUT2D eigenvalue weighted by Gasteiger charge is -2.10. The average molecular weight is 258 g/mol. The Morgan fingerprint density at radius 2 is 1.72 bits per heavy atom. The molecule has 0 atom stereocenters. The molecule has 18 heavy (non-hydrogen) atoms. The van der Waals surface area contributed by atoms with E-state index in [1.54, 1.807) is 18.2 Å². The number of rotatable bonds is 2. The zero-order valence-electron chi connectivity index (χ0n) is 9.50. The van der Waals surface area contributed by atoms with E-state index in [0.717, 1.165) is 0 Å². The molecule has 0 radical (unpaired) electrons. The first-order valence-electron chi connectivity index (χ1n) is 5.36. The van der Waals surface area contributed by atoms with Crippen LogP contribution >= 0.6 is 0 Å². The van der Waals surface area contributed by atoms with Crippen LogP contribution in [0.4, 0.5) is 0 Å². The predicted octanol–water partition coefficient (Wildman–Crippen LogP) is 2.17. The van der Waals surface area contributed by atoms with Gasteiger partial charge in [-0.25, -0.2) is 8.42 Å². The van der Waals surface area contributed by atoms with Crippen LogP contribution in [-0.4, -0.2) is 8.42 Å². The largest absolute Gasteiger partial charge is 0.219 e. The average Bonchev–Trinajstić information content (AvgIpc) is 2.85. The third kappa shape index (κ3) is 1.90. The molecule has 0 fully saturated rings. The fraction of sp³-hybridized carbons (Fsp3) is 0.231. The van der Waals surface area contributed by atoms with Crippen LogP contribution in [0.15, 0.2) is 46.2 Å². The van der Waals surface area contributed by atoms with E-state index < -0.39 is 15.3 Å². The summed E-state index contributed by atoms with van der Waals surface area (Å²) in [4.78, 5) is 0.361. The maximum Gasteiger partial charge on any atom is 0.202 e. The molecule has 0 unspecified atom stereocenters. The maximum absolute atomic E-state index is 12.3. The first-order valence-corrected chi connectivity index (χ1v) is 6.84. The molecule has 0 N–H and O–H groups in total. The smallest absolute Gasteiger partial charge is 0.202 e. The van der Waals surface area contributed by atoms with E-state index >= 15 is 0 Å². The Morgan fingerprint density at radius 3 is 2.22 bits per heavy atom. The van der Waals surface area contributed by atoms with Crippen molar-refractivity contribution in [3.05, 3.63) is 41.3 Å². The summed E-state index contributed by atoms with van der Waals surface area (Å²) in [6.45, 7) is 0. The van der Waals surface area contributed by atoms with Crippen molar-refractivity contribution in [3.63, 3.8) is 0 Å². The lowest BCUT2D eigenvalue weighted by Crippen LogP contribution is -2.13. The highest BCUT2D eigenvalue weighted by molar-refractivity contribution is 7.95. The molecule has 0 spiro atoms. The van der Waals surface area contributed by atoms with Crippen molar-refractivity contribution in [2.45, 2.75) is 17.7 Å². The summed E-state index contributed by atoms with van der Waals surface area (Å²) in [5, 5.41) is 17.9. The Labute approximate surface area is 106 Å². The highest BCUT2D eigenvalue weighted by atomic mass is 32.2. The van der Waals surface area contributed by atoms with Crippen LogP contribution in [0.1, 0.15) is 12.8 Å². The number of benzene rings is 1. The van der Waals surface area contributed by atoms with E-state index in [1.165, 1.54) is 18.2 Å². The van der Waals surface area contributed by atoms with Gasteiger partial charge >= 0.3 is 0 Å². The normalized spacial score (nSPS) is 17.6. The van der Waals surface area contributed by atoms with Crippen LogP contribution in [0.3, 0.4) is 0 Å². The van der Waals surface area contributed by atoms with Gasteiger partial charge in [0.2, 0.25) is 9.84 Å². The monoisotopic (exact) mass is 258 g/mol. The molecule has 1 aromatic rings. The number of sulfone groups is 1. The summed E-state index contributed by atoms with van der Waals surface area (Å²) in [6.07, 6.45) is 1.62. The topological polar surface area (TPSA) is 81.7 Å². The molecule has 0 aromatic heterocycles. The van der Waals surface area contributed by atoms with Crippen molar-refractivity contribution in [3.8, 4) is 12.1 Å². The van der Waals surface area contributed by atoms with Gasteiger partial charge in [-0.1, -0.05) is 24.3 Å². The molecule has 2 rings (SSSR count). The Kier molecular flexibility index (Phi) is 2.94. The van der Waals surface area contributed by atoms with Gasteiger partial charge in [-0.15, -0.1) is 0 Å². The van der Waals surface area contributed by atoms with Crippen molar-refractivity contribution in [2.24, 2.45) is 5.41 Å². The highest BCUT2D eigenvalue weighted by Gasteiger charge is 2.39. The van der Waals surface area contributed by atoms with Gasteiger partial charge in [0.15, 0.2) is 5.41 Å². The van der Waals surface area contributed by atoms with Crippen LogP contribution in [0.2, 0.25) is 0 Å². The molecule has 0 saturated carbocycles. The lowest BCUT2D eigenvalue weighted by atomic mass is 9.89. The summed E-state index contributed by atoms with van der Waals surface area (Å²) < 4.78 is 24.5. The van der Waals surface area contributed by atoms with Gasteiger partial charge in [0.1, 0.15) is 0 Å². The zero-order valence-corrected chi connectivity index (χ0v) is 10.3. The minimum atomic E-state index is -3.57. The van der Waals surface area contributed by atoms with Gasteiger partial charge in [-0.05, 0) is 18.6 Å². The van der Waals surface area contributed by atoms with E-state index in [9.17, 15) is 8.42 Å². The molecule has 0 saturated heterocycles. The minimum absolute atomic E-state index is 0.0305. The third-order valence-corrected chi connectivity index (χ3v) is 4.88. The molecule has 0 bridgehead atoms. The van der Waals surface area contributed by atoms with Gasteiger partial charge < -0.3 is 0 Å². The van der Waals surface area contributed by atoms with Crippen molar-refractivity contribution in [2.75, 3.05) is 0 Å². The molecular formula is C13H10N2O2S. The Hall–Kier alpha value is -2.11. The molecule has 0 amide bonds. The van der Waals surface area contributed by atoms with E-state index in [4.69, 9.17) is 10.5 Å². The SMILES string of the molecule is N#CC1(C#N)CC=C(S(=O)(=O)c2ccccc2)C1. The van der Waals surface area contributed by atoms with Gasteiger partial charge in [-0.2, -0.15) is 10.5 Å². The summed E-state index contributed by atoms with van der Waals surface area (Å²) in [6, 6.07) is 11.8. The van der Waals surface area contributed by atoms with E-state index in [-0.39, 0.29) is 22.6 Å². The molecule has 1 aliphatic carbocycles. The van der Waals surface area contributed by atoms with Crippen molar-refractivity contribution in [1.82, 2.24) is 0 Å². The first kappa shape index (κ1) is 12.3. The van der Waals surface area contributed by atoms with Crippen LogP contribution in [0.5, 0.6) is 0 Å².